The third kappa shape index (κ3) is 4.97. The highest BCUT2D eigenvalue weighted by molar-refractivity contribution is 7.15. The quantitative estimate of drug-likeness (QED) is 0.471. The van der Waals surface area contributed by atoms with Crippen molar-refractivity contribution in [2.45, 2.75) is 19.4 Å². The molecule has 7 nitrogen and oxygen atoms in total. The van der Waals surface area contributed by atoms with Crippen LogP contribution in [0, 0.1) is 10.1 Å². The van der Waals surface area contributed by atoms with Gasteiger partial charge in [-0.1, -0.05) is 18.2 Å². The minimum atomic E-state index is -0.406. The van der Waals surface area contributed by atoms with Crippen molar-refractivity contribution in [1.82, 2.24) is 10.3 Å². The number of thiazole rings is 1. The number of benzene rings is 2. The lowest BCUT2D eigenvalue weighted by molar-refractivity contribution is -0.384. The number of anilines is 1. The molecule has 0 radical (unpaired) electrons. The summed E-state index contributed by atoms with van der Waals surface area (Å²) < 4.78 is 0. The van der Waals surface area contributed by atoms with E-state index >= 15 is 0 Å². The molecule has 0 fully saturated rings. The molecule has 150 valence electrons. The number of nitro benzene ring substituents is 1. The number of rotatable bonds is 5. The molecule has 1 amide bonds. The first-order chi connectivity index (χ1) is 13.6. The van der Waals surface area contributed by atoms with Gasteiger partial charge in [0.15, 0.2) is 5.13 Å². The number of non-ortho nitro benzene ring substituents is 1. The molecule has 0 aliphatic carbocycles. The molecule has 29 heavy (non-hydrogen) atoms. The highest BCUT2D eigenvalue weighted by Crippen LogP contribution is 2.24. The molecule has 4 rings (SSSR count). The van der Waals surface area contributed by atoms with Crippen LogP contribution < -0.4 is 10.6 Å². The smallest absolute Gasteiger partial charge is 0.269 e. The number of fused-ring (bicyclic) bond motifs is 1. The van der Waals surface area contributed by atoms with Crippen molar-refractivity contribution in [2.75, 3.05) is 11.9 Å². The summed E-state index contributed by atoms with van der Waals surface area (Å²) in [4.78, 5) is 28.2. The van der Waals surface area contributed by atoms with Crippen LogP contribution in [0.25, 0.3) is 0 Å². The van der Waals surface area contributed by atoms with Crippen molar-refractivity contribution in [3.63, 3.8) is 0 Å². The lowest BCUT2D eigenvalue weighted by Gasteiger charge is -2.17. The Kier molecular flexibility index (Phi) is 6.58. The van der Waals surface area contributed by atoms with Gasteiger partial charge in [0.1, 0.15) is 0 Å². The maximum absolute atomic E-state index is 12.6. The topological polar surface area (TPSA) is 97.2 Å². The zero-order valence-corrected chi connectivity index (χ0v) is 17.0. The molecular formula is C20H19ClN4O3S. The first-order valence-electron chi connectivity index (χ1n) is 8.90. The Morgan fingerprint density at radius 2 is 2.10 bits per heavy atom. The van der Waals surface area contributed by atoms with Crippen molar-refractivity contribution in [1.29, 1.82) is 0 Å². The fourth-order valence-corrected chi connectivity index (χ4v) is 4.06. The Morgan fingerprint density at radius 3 is 2.93 bits per heavy atom. The first-order valence-corrected chi connectivity index (χ1v) is 9.72. The van der Waals surface area contributed by atoms with Crippen molar-refractivity contribution < 1.29 is 9.72 Å². The van der Waals surface area contributed by atoms with Crippen LogP contribution in [0.3, 0.4) is 0 Å². The summed E-state index contributed by atoms with van der Waals surface area (Å²) in [6.07, 6.45) is 3.14. The van der Waals surface area contributed by atoms with Gasteiger partial charge in [0.2, 0.25) is 0 Å². The van der Waals surface area contributed by atoms with Crippen LogP contribution in [0.15, 0.2) is 48.7 Å². The largest absolute Gasteiger partial charge is 0.312 e. The Bertz CT molecular complexity index is 1050. The molecule has 2 N–H and O–H groups in total. The second-order valence-corrected chi connectivity index (χ2v) is 7.72. The number of hydrogen-bond donors (Lipinski definition) is 2. The number of hydrogen-bond acceptors (Lipinski definition) is 6. The highest BCUT2D eigenvalue weighted by Gasteiger charge is 2.14. The predicted molar refractivity (Wildman–Crippen MR) is 115 cm³/mol. The number of nitrogens with zero attached hydrogens (tertiary/aromatic N) is 2. The zero-order valence-electron chi connectivity index (χ0n) is 15.4. The van der Waals surface area contributed by atoms with Crippen molar-refractivity contribution >= 4 is 40.5 Å². The molecule has 2 aromatic carbocycles. The standard InChI is InChI=1S/C20H18N4O3S.ClH/c25-19(15-4-5-16-11-21-7-6-14(16)10-15)23-20-22-12-18(28-20)9-13-2-1-3-17(8-13)24(26)27;/h1-5,8,10,12,21H,6-7,9,11H2,(H,22,23,25);1H. The molecule has 1 aromatic heterocycles. The average molecular weight is 431 g/mol. The van der Waals surface area contributed by atoms with Gasteiger partial charge < -0.3 is 5.32 Å². The summed E-state index contributed by atoms with van der Waals surface area (Å²) >= 11 is 1.37. The fraction of sp³-hybridized carbons (Fsp3) is 0.200. The minimum absolute atomic E-state index is 0. The molecular weight excluding hydrogens is 412 g/mol. The van der Waals surface area contributed by atoms with E-state index in [9.17, 15) is 14.9 Å². The summed E-state index contributed by atoms with van der Waals surface area (Å²) in [5, 5.41) is 17.6. The Hall–Kier alpha value is -2.81. The van der Waals surface area contributed by atoms with E-state index in [1.165, 1.54) is 28.5 Å². The summed E-state index contributed by atoms with van der Waals surface area (Å²) in [7, 11) is 0. The zero-order chi connectivity index (χ0) is 19.5. The summed E-state index contributed by atoms with van der Waals surface area (Å²) in [6.45, 7) is 1.76. The third-order valence-corrected chi connectivity index (χ3v) is 5.54. The number of nitrogens with one attached hydrogen (secondary N) is 2. The van der Waals surface area contributed by atoms with Gasteiger partial charge in [-0.15, -0.1) is 23.7 Å². The van der Waals surface area contributed by atoms with Gasteiger partial charge in [-0.05, 0) is 41.8 Å². The highest BCUT2D eigenvalue weighted by atomic mass is 35.5. The summed E-state index contributed by atoms with van der Waals surface area (Å²) in [6, 6.07) is 12.3. The van der Waals surface area contributed by atoms with Gasteiger partial charge in [0.05, 0.1) is 4.92 Å². The summed E-state index contributed by atoms with van der Waals surface area (Å²) in [5.41, 5.74) is 3.96. The molecule has 9 heteroatoms. The van der Waals surface area contributed by atoms with E-state index in [-0.39, 0.29) is 24.0 Å². The Labute approximate surface area is 177 Å². The van der Waals surface area contributed by atoms with Gasteiger partial charge >= 0.3 is 0 Å². The minimum Gasteiger partial charge on any atom is -0.312 e. The van der Waals surface area contributed by atoms with E-state index in [1.54, 1.807) is 18.3 Å². The monoisotopic (exact) mass is 430 g/mol. The van der Waals surface area contributed by atoms with E-state index < -0.39 is 4.92 Å². The number of amides is 1. The van der Waals surface area contributed by atoms with Crippen molar-refractivity contribution in [2.24, 2.45) is 0 Å². The van der Waals surface area contributed by atoms with Crippen LogP contribution in [0.2, 0.25) is 0 Å². The second-order valence-electron chi connectivity index (χ2n) is 6.60. The predicted octanol–water partition coefficient (Wildman–Crippen LogP) is 3.96. The van der Waals surface area contributed by atoms with E-state index in [4.69, 9.17) is 0 Å². The van der Waals surface area contributed by atoms with Crippen molar-refractivity contribution in [3.05, 3.63) is 85.9 Å². The first kappa shape index (κ1) is 20.9. The molecule has 0 spiro atoms. The van der Waals surface area contributed by atoms with Crippen LogP contribution in [0.1, 0.15) is 31.9 Å². The molecule has 0 saturated carbocycles. The third-order valence-electron chi connectivity index (χ3n) is 4.63. The molecule has 0 atom stereocenters. The summed E-state index contributed by atoms with van der Waals surface area (Å²) in [5.74, 6) is -0.183. The average Bonchev–Trinajstić information content (AvgIpc) is 3.14. The molecule has 0 bridgehead atoms. The molecule has 0 saturated heterocycles. The lowest BCUT2D eigenvalue weighted by atomic mass is 9.98. The van der Waals surface area contributed by atoms with Gasteiger partial charge in [0, 0.05) is 41.7 Å². The number of aromatic nitrogens is 1. The van der Waals surface area contributed by atoms with Crippen LogP contribution in [-0.2, 0) is 19.4 Å². The van der Waals surface area contributed by atoms with E-state index in [1.807, 2.05) is 24.3 Å². The maximum atomic E-state index is 12.6. The van der Waals surface area contributed by atoms with E-state index in [0.29, 0.717) is 17.1 Å². The van der Waals surface area contributed by atoms with Gasteiger partial charge in [0.25, 0.3) is 11.6 Å². The maximum Gasteiger partial charge on any atom is 0.269 e. The van der Waals surface area contributed by atoms with Crippen LogP contribution in [-0.4, -0.2) is 22.4 Å². The van der Waals surface area contributed by atoms with E-state index in [2.05, 4.69) is 15.6 Å². The Morgan fingerprint density at radius 1 is 1.24 bits per heavy atom. The van der Waals surface area contributed by atoms with Gasteiger partial charge in [-0.2, -0.15) is 0 Å². The van der Waals surface area contributed by atoms with Crippen LogP contribution in [0.4, 0.5) is 10.8 Å². The number of carbonyl (C=O) groups excluding carboxylic acids is 1. The lowest BCUT2D eigenvalue weighted by Crippen LogP contribution is -2.24. The van der Waals surface area contributed by atoms with Gasteiger partial charge in [-0.3, -0.25) is 20.2 Å². The SMILES string of the molecule is Cl.O=C(Nc1ncc(Cc2cccc([N+](=O)[O-])c2)s1)c1ccc2c(c1)CCNC2. The van der Waals surface area contributed by atoms with Crippen LogP contribution in [0.5, 0.6) is 0 Å². The molecule has 0 unspecified atom stereocenters. The second kappa shape index (κ2) is 9.13. The molecule has 1 aliphatic heterocycles. The van der Waals surface area contributed by atoms with Crippen molar-refractivity contribution in [3.8, 4) is 0 Å². The normalized spacial score (nSPS) is 12.6. The number of nitro groups is 1. The van der Waals surface area contributed by atoms with Gasteiger partial charge in [-0.25, -0.2) is 4.98 Å². The molecule has 2 heterocycles. The van der Waals surface area contributed by atoms with Crippen LogP contribution >= 0.6 is 23.7 Å². The number of halogens is 1. The number of carbonyl (C=O) groups is 1. The Balaban J connectivity index is 0.00000240. The van der Waals surface area contributed by atoms with E-state index in [0.717, 1.165) is 30.0 Å². The molecule has 1 aliphatic rings. The fourth-order valence-electron chi connectivity index (χ4n) is 3.22. The molecule has 3 aromatic rings.